The number of aliphatic hydroxyl groups excluding tert-OH is 1. The molecule has 0 amide bonds. The molecule has 1 atom stereocenters. The third-order valence-electron chi connectivity index (χ3n) is 3.14. The van der Waals surface area contributed by atoms with Gasteiger partial charge in [0.05, 0.1) is 19.4 Å². The monoisotopic (exact) mass is 292 g/mol. The first kappa shape index (κ1) is 15.9. The highest BCUT2D eigenvalue weighted by molar-refractivity contribution is 4.79. The molecule has 0 aromatic heterocycles. The van der Waals surface area contributed by atoms with Crippen molar-refractivity contribution in [2.75, 3.05) is 33.4 Å². The Bertz CT molecular complexity index is 211. The summed E-state index contributed by atoms with van der Waals surface area (Å²) in [6, 6.07) is 0. The van der Waals surface area contributed by atoms with E-state index in [0.717, 1.165) is 17.7 Å². The molecule has 1 heterocycles. The highest BCUT2D eigenvalue weighted by Crippen LogP contribution is 2.18. The minimum atomic E-state index is 0. The first-order chi connectivity index (χ1) is 7.22. The second-order valence-corrected chi connectivity index (χ2v) is 4.65. The molecule has 1 rings (SSSR count). The van der Waals surface area contributed by atoms with Crippen LogP contribution in [-0.4, -0.2) is 47.9 Å². The first-order valence-corrected chi connectivity index (χ1v) is 6.09. The van der Waals surface area contributed by atoms with Gasteiger partial charge in [0.1, 0.15) is 12.7 Å². The highest BCUT2D eigenvalue weighted by Gasteiger charge is 2.29. The van der Waals surface area contributed by atoms with Crippen molar-refractivity contribution in [3.05, 3.63) is 12.4 Å². The fourth-order valence-corrected chi connectivity index (χ4v) is 2.25. The summed E-state index contributed by atoms with van der Waals surface area (Å²) in [6.45, 7) is 5.56. The lowest BCUT2D eigenvalue weighted by molar-refractivity contribution is -0.881. The summed E-state index contributed by atoms with van der Waals surface area (Å²) >= 11 is 0. The average molecular weight is 293 g/mol. The van der Waals surface area contributed by atoms with Crippen LogP contribution in [0.25, 0.3) is 0 Å². The molecule has 0 fully saturated rings. The third-order valence-corrected chi connectivity index (χ3v) is 3.14. The maximum atomic E-state index is 9.11. The zero-order valence-corrected chi connectivity index (χ0v) is 12.1. The largest absolute Gasteiger partial charge is 1.00 e. The molecular formula is C12H25BrN2O. The topological polar surface area (TPSA) is 23.5 Å². The van der Waals surface area contributed by atoms with Crippen LogP contribution in [0.3, 0.4) is 0 Å². The molecule has 0 aromatic carbocycles. The van der Waals surface area contributed by atoms with Crippen molar-refractivity contribution in [3.8, 4) is 0 Å². The van der Waals surface area contributed by atoms with Crippen LogP contribution in [0.2, 0.25) is 0 Å². The number of quaternary nitrogens is 1. The number of nitrogens with zero attached hydrogens (tertiary/aromatic N) is 2. The lowest BCUT2D eigenvalue weighted by Gasteiger charge is -2.31. The van der Waals surface area contributed by atoms with E-state index in [2.05, 4.69) is 31.3 Å². The van der Waals surface area contributed by atoms with Crippen molar-refractivity contribution in [2.45, 2.75) is 32.6 Å². The van der Waals surface area contributed by atoms with Crippen molar-refractivity contribution in [1.29, 1.82) is 0 Å². The van der Waals surface area contributed by atoms with Gasteiger partial charge in [-0.05, 0) is 12.8 Å². The molecule has 1 aliphatic rings. The van der Waals surface area contributed by atoms with Gasteiger partial charge in [-0.3, -0.25) is 4.48 Å². The van der Waals surface area contributed by atoms with Gasteiger partial charge < -0.3 is 27.0 Å². The number of halogens is 1. The molecule has 4 heteroatoms. The fraction of sp³-hybridized carbons (Fsp3) is 0.833. The fourth-order valence-electron chi connectivity index (χ4n) is 2.25. The maximum absolute atomic E-state index is 9.11. The van der Waals surface area contributed by atoms with Gasteiger partial charge >= 0.3 is 0 Å². The Labute approximate surface area is 110 Å². The number of unbranched alkanes of at least 4 members (excludes halogenated alkanes) is 3. The maximum Gasteiger partial charge on any atom is 0.158 e. The van der Waals surface area contributed by atoms with Crippen LogP contribution in [0.5, 0.6) is 0 Å². The van der Waals surface area contributed by atoms with Gasteiger partial charge in [0.2, 0.25) is 0 Å². The molecule has 0 spiro atoms. The number of aliphatic hydroxyl groups is 1. The van der Waals surface area contributed by atoms with Crippen molar-refractivity contribution in [1.82, 2.24) is 4.90 Å². The molecule has 0 saturated carbocycles. The molecule has 1 N–H and O–H groups in total. The van der Waals surface area contributed by atoms with Crippen LogP contribution in [0.1, 0.15) is 32.6 Å². The van der Waals surface area contributed by atoms with Crippen LogP contribution in [-0.2, 0) is 0 Å². The summed E-state index contributed by atoms with van der Waals surface area (Å²) in [6.07, 6.45) is 9.58. The van der Waals surface area contributed by atoms with E-state index in [1.165, 1.54) is 32.2 Å². The summed E-state index contributed by atoms with van der Waals surface area (Å²) in [5, 5.41) is 9.11. The zero-order valence-electron chi connectivity index (χ0n) is 10.5. The van der Waals surface area contributed by atoms with Gasteiger partial charge in [-0.15, -0.1) is 0 Å². The summed E-state index contributed by atoms with van der Waals surface area (Å²) in [4.78, 5) is 2.20. The van der Waals surface area contributed by atoms with Crippen molar-refractivity contribution >= 4 is 0 Å². The van der Waals surface area contributed by atoms with Crippen LogP contribution in [0, 0.1) is 0 Å². The molecule has 96 valence electrons. The van der Waals surface area contributed by atoms with E-state index in [1.807, 2.05) is 0 Å². The van der Waals surface area contributed by atoms with Crippen LogP contribution in [0.4, 0.5) is 0 Å². The van der Waals surface area contributed by atoms with Crippen LogP contribution in [0.15, 0.2) is 12.4 Å². The van der Waals surface area contributed by atoms with E-state index in [9.17, 15) is 0 Å². The van der Waals surface area contributed by atoms with Gasteiger partial charge in [0.15, 0.2) is 6.67 Å². The molecule has 16 heavy (non-hydrogen) atoms. The Hall–Kier alpha value is -0.0600. The second kappa shape index (κ2) is 8.09. The Kier molecular flexibility index (Phi) is 8.06. The lowest BCUT2D eigenvalue weighted by atomic mass is 10.2. The van der Waals surface area contributed by atoms with E-state index in [1.54, 1.807) is 0 Å². The molecule has 3 nitrogen and oxygen atoms in total. The molecule has 0 bridgehead atoms. The minimum Gasteiger partial charge on any atom is -1.00 e. The van der Waals surface area contributed by atoms with E-state index in [-0.39, 0.29) is 23.6 Å². The van der Waals surface area contributed by atoms with E-state index >= 15 is 0 Å². The Balaban J connectivity index is 0.00000225. The predicted molar refractivity (Wildman–Crippen MR) is 63.0 cm³/mol. The second-order valence-electron chi connectivity index (χ2n) is 4.65. The molecule has 1 aliphatic heterocycles. The van der Waals surface area contributed by atoms with Gasteiger partial charge in [-0.1, -0.05) is 19.8 Å². The summed E-state index contributed by atoms with van der Waals surface area (Å²) in [7, 11) is 2.10. The zero-order chi connectivity index (χ0) is 11.1. The smallest absolute Gasteiger partial charge is 0.158 e. The van der Waals surface area contributed by atoms with Gasteiger partial charge in [0.25, 0.3) is 0 Å². The summed E-state index contributed by atoms with van der Waals surface area (Å²) < 4.78 is 0.941. The normalized spacial score (nSPS) is 23.6. The minimum absolute atomic E-state index is 0. The van der Waals surface area contributed by atoms with Crippen molar-refractivity contribution in [2.24, 2.45) is 0 Å². The van der Waals surface area contributed by atoms with Crippen LogP contribution >= 0.6 is 0 Å². The van der Waals surface area contributed by atoms with Gasteiger partial charge in [-0.25, -0.2) is 0 Å². The predicted octanol–water partition coefficient (Wildman–Crippen LogP) is -1.25. The lowest BCUT2D eigenvalue weighted by Crippen LogP contribution is -3.00. The first-order valence-electron chi connectivity index (χ1n) is 6.09. The van der Waals surface area contributed by atoms with Crippen molar-refractivity contribution in [3.63, 3.8) is 0 Å². The number of hydrogen-bond acceptors (Lipinski definition) is 2. The summed E-state index contributed by atoms with van der Waals surface area (Å²) in [5.74, 6) is 0. The van der Waals surface area contributed by atoms with Gasteiger partial charge in [-0.2, -0.15) is 0 Å². The van der Waals surface area contributed by atoms with E-state index in [4.69, 9.17) is 5.11 Å². The average Bonchev–Trinajstić information content (AvgIpc) is 2.56. The molecule has 0 saturated heterocycles. The van der Waals surface area contributed by atoms with Crippen LogP contribution < -0.4 is 17.0 Å². The number of hydrogen-bond donors (Lipinski definition) is 1. The standard InChI is InChI=1S/C12H25N2O.BrH/c1-3-4-5-6-8-14(10-11-15)9-7-13(2)12-14;/h7,9,15H,3-6,8,10-12H2,1-2H3;1H/q+1;/p-1. The molecule has 0 aromatic rings. The summed E-state index contributed by atoms with van der Waals surface area (Å²) in [5.41, 5.74) is 0. The third kappa shape index (κ3) is 4.85. The molecule has 0 aliphatic carbocycles. The molecular weight excluding hydrogens is 268 g/mol. The quantitative estimate of drug-likeness (QED) is 0.469. The Morgan fingerprint density at radius 2 is 2.00 bits per heavy atom. The molecule has 1 unspecified atom stereocenters. The van der Waals surface area contributed by atoms with E-state index < -0.39 is 0 Å². The van der Waals surface area contributed by atoms with Crippen molar-refractivity contribution < 1.29 is 26.6 Å². The Morgan fingerprint density at radius 1 is 1.25 bits per heavy atom. The molecule has 0 radical (unpaired) electrons. The van der Waals surface area contributed by atoms with E-state index in [0.29, 0.717) is 0 Å². The number of rotatable bonds is 7. The SMILES string of the molecule is CCCCCC[N+]1(CCO)C=CN(C)C1.[Br-]. The highest BCUT2D eigenvalue weighted by atomic mass is 79.9. The Morgan fingerprint density at radius 3 is 2.50 bits per heavy atom. The van der Waals surface area contributed by atoms with Gasteiger partial charge in [0, 0.05) is 7.05 Å².